The molecule has 2 rings (SSSR count). The molecule has 92 valence electrons. The molecule has 0 atom stereocenters. The standard InChI is InChI=1S/C10H7N3O5/c1-6(14)9-10(15)18-11-12(9)7-3-2-4-8(5-7)13(16)17/h2-5H,1H3. The van der Waals surface area contributed by atoms with Crippen LogP contribution in [0.4, 0.5) is 5.69 Å². The normalized spacial score (nSPS) is 10.3. The molecule has 8 heteroatoms. The van der Waals surface area contributed by atoms with Crippen LogP contribution in [0.5, 0.6) is 5.95 Å². The van der Waals surface area contributed by atoms with Crippen molar-refractivity contribution in [3.05, 3.63) is 40.1 Å². The number of carbonyl (C=O) groups is 1. The van der Waals surface area contributed by atoms with Gasteiger partial charge in [-0.3, -0.25) is 14.9 Å². The lowest BCUT2D eigenvalue weighted by Gasteiger charge is -1.94. The van der Waals surface area contributed by atoms with Gasteiger partial charge >= 0.3 is 5.69 Å². The topological polar surface area (TPSA) is 113 Å². The molecule has 0 saturated heterocycles. The quantitative estimate of drug-likeness (QED) is 0.331. The molecule has 8 nitrogen and oxygen atoms in total. The summed E-state index contributed by atoms with van der Waals surface area (Å²) in [6, 6.07) is 5.37. The highest BCUT2D eigenvalue weighted by atomic mass is 16.6. The molecular formula is C10H7N3O5. The lowest BCUT2D eigenvalue weighted by Crippen LogP contribution is -2.38. The number of hydrogen-bond acceptors (Lipinski definition) is 6. The fraction of sp³-hybridized carbons (Fsp3) is 0.100. The molecule has 0 aliphatic heterocycles. The number of non-ortho nitro benzene ring substituents is 1. The molecule has 2 aromatic rings. The monoisotopic (exact) mass is 249 g/mol. The number of aromatic nitrogens is 2. The average molecular weight is 249 g/mol. The summed E-state index contributed by atoms with van der Waals surface area (Å²) in [7, 11) is 0. The van der Waals surface area contributed by atoms with Crippen molar-refractivity contribution >= 4 is 11.5 Å². The second-order valence-corrected chi connectivity index (χ2v) is 3.45. The van der Waals surface area contributed by atoms with E-state index in [1.807, 2.05) is 0 Å². The number of nitro benzene ring substituents is 1. The third-order valence-corrected chi connectivity index (χ3v) is 2.23. The number of nitrogens with zero attached hydrogens (tertiary/aromatic N) is 3. The van der Waals surface area contributed by atoms with E-state index < -0.39 is 16.7 Å². The number of ketones is 1. The van der Waals surface area contributed by atoms with Gasteiger partial charge in [-0.05, 0) is 10.7 Å². The maximum absolute atomic E-state index is 11.3. The molecule has 0 aliphatic rings. The van der Waals surface area contributed by atoms with Gasteiger partial charge in [-0.25, -0.2) is 0 Å². The van der Waals surface area contributed by atoms with Crippen molar-refractivity contribution in [2.24, 2.45) is 0 Å². The third kappa shape index (κ3) is 1.90. The molecule has 1 heterocycles. The lowest BCUT2D eigenvalue weighted by molar-refractivity contribution is -0.672. The number of Topliss-reactive ketones (excluding diaryl/α,β-unsaturated/α-hetero) is 1. The largest absolute Gasteiger partial charge is 0.539 e. The van der Waals surface area contributed by atoms with Crippen LogP contribution in [-0.4, -0.2) is 16.0 Å². The lowest BCUT2D eigenvalue weighted by atomic mass is 10.2. The van der Waals surface area contributed by atoms with Gasteiger partial charge in [0, 0.05) is 19.1 Å². The minimum Gasteiger partial charge on any atom is -0.539 e. The van der Waals surface area contributed by atoms with Crippen LogP contribution in [0.1, 0.15) is 17.4 Å². The van der Waals surface area contributed by atoms with E-state index in [0.717, 1.165) is 4.68 Å². The molecule has 18 heavy (non-hydrogen) atoms. The Kier molecular flexibility index (Phi) is 2.76. The first kappa shape index (κ1) is 11.7. The van der Waals surface area contributed by atoms with Crippen molar-refractivity contribution < 1.29 is 24.0 Å². The minimum atomic E-state index is -0.881. The molecule has 0 aliphatic carbocycles. The number of nitro groups is 1. The Bertz CT molecular complexity index is 634. The van der Waals surface area contributed by atoms with Crippen LogP contribution >= 0.6 is 0 Å². The van der Waals surface area contributed by atoms with Gasteiger partial charge in [0.05, 0.1) is 16.3 Å². The maximum Gasteiger partial charge on any atom is 0.305 e. The summed E-state index contributed by atoms with van der Waals surface area (Å²) >= 11 is 0. The fourth-order valence-corrected chi connectivity index (χ4v) is 1.46. The van der Waals surface area contributed by atoms with E-state index in [1.165, 1.54) is 31.2 Å². The molecular weight excluding hydrogens is 242 g/mol. The summed E-state index contributed by atoms with van der Waals surface area (Å²) in [5, 5.41) is 25.3. The minimum absolute atomic E-state index is 0.176. The van der Waals surface area contributed by atoms with Gasteiger partial charge in [0.1, 0.15) is 0 Å². The number of hydrogen-bond donors (Lipinski definition) is 0. The Morgan fingerprint density at radius 1 is 1.50 bits per heavy atom. The Hall–Kier alpha value is -2.77. The number of benzene rings is 1. The first-order valence-electron chi connectivity index (χ1n) is 4.85. The van der Waals surface area contributed by atoms with Gasteiger partial charge in [-0.2, -0.15) is 0 Å². The highest BCUT2D eigenvalue weighted by molar-refractivity contribution is 5.92. The molecule has 0 saturated carbocycles. The van der Waals surface area contributed by atoms with Crippen molar-refractivity contribution in [3.63, 3.8) is 0 Å². The van der Waals surface area contributed by atoms with Crippen molar-refractivity contribution in [2.45, 2.75) is 6.92 Å². The molecule has 0 N–H and O–H groups in total. The van der Waals surface area contributed by atoms with Crippen molar-refractivity contribution in [2.75, 3.05) is 0 Å². The highest BCUT2D eigenvalue weighted by Gasteiger charge is 2.25. The zero-order chi connectivity index (χ0) is 13.3. The van der Waals surface area contributed by atoms with Crippen molar-refractivity contribution in [1.82, 2.24) is 5.27 Å². The Morgan fingerprint density at radius 2 is 2.22 bits per heavy atom. The van der Waals surface area contributed by atoms with Crippen LogP contribution in [0.25, 0.3) is 5.69 Å². The number of rotatable bonds is 3. The first-order chi connectivity index (χ1) is 8.50. The highest BCUT2D eigenvalue weighted by Crippen LogP contribution is 2.15. The van der Waals surface area contributed by atoms with Crippen LogP contribution in [0, 0.1) is 10.1 Å². The molecule has 0 radical (unpaired) electrons. The Balaban J connectivity index is 2.59. The summed E-state index contributed by atoms with van der Waals surface area (Å²) in [6.45, 7) is 1.18. The van der Waals surface area contributed by atoms with Crippen LogP contribution in [0.3, 0.4) is 0 Å². The average Bonchev–Trinajstić information content (AvgIpc) is 2.71. The van der Waals surface area contributed by atoms with Gasteiger partial charge in [0.15, 0.2) is 5.95 Å². The summed E-state index contributed by atoms with van der Waals surface area (Å²) in [5.41, 5.74) is -0.249. The van der Waals surface area contributed by atoms with E-state index >= 15 is 0 Å². The molecule has 0 spiro atoms. The van der Waals surface area contributed by atoms with Crippen LogP contribution in [-0.2, 0) is 0 Å². The summed E-state index contributed by atoms with van der Waals surface area (Å²) in [6.07, 6.45) is 0. The third-order valence-electron chi connectivity index (χ3n) is 2.23. The SMILES string of the molecule is CC(=O)c1c([O-])on[n+]1-c1cccc([N+](=O)[O-])c1. The molecule has 0 bridgehead atoms. The molecule has 0 fully saturated rings. The van der Waals surface area contributed by atoms with Crippen LogP contribution in [0.2, 0.25) is 0 Å². The molecule has 1 aromatic carbocycles. The zero-order valence-electron chi connectivity index (χ0n) is 9.19. The van der Waals surface area contributed by atoms with E-state index in [4.69, 9.17) is 0 Å². The van der Waals surface area contributed by atoms with E-state index in [0.29, 0.717) is 0 Å². The molecule has 1 aromatic heterocycles. The number of carbonyl (C=O) groups excluding carboxylic acids is 1. The van der Waals surface area contributed by atoms with E-state index in [-0.39, 0.29) is 17.1 Å². The second-order valence-electron chi connectivity index (χ2n) is 3.45. The molecule has 0 unspecified atom stereocenters. The summed E-state index contributed by atoms with van der Waals surface area (Å²) in [4.78, 5) is 21.3. The van der Waals surface area contributed by atoms with E-state index in [2.05, 4.69) is 9.79 Å². The van der Waals surface area contributed by atoms with Gasteiger partial charge in [0.25, 0.3) is 5.69 Å². The maximum atomic E-state index is 11.3. The fourth-order valence-electron chi connectivity index (χ4n) is 1.46. The second kappa shape index (κ2) is 4.24. The summed E-state index contributed by atoms with van der Waals surface area (Å²) < 4.78 is 5.32. The van der Waals surface area contributed by atoms with Crippen molar-refractivity contribution in [1.29, 1.82) is 0 Å². The van der Waals surface area contributed by atoms with Crippen LogP contribution in [0.15, 0.2) is 28.8 Å². The predicted molar refractivity (Wildman–Crippen MR) is 54.1 cm³/mol. The van der Waals surface area contributed by atoms with E-state index in [9.17, 15) is 20.0 Å². The first-order valence-corrected chi connectivity index (χ1v) is 4.85. The Labute approximate surface area is 100 Å². The molecule has 0 amide bonds. The van der Waals surface area contributed by atoms with Gasteiger partial charge < -0.3 is 9.63 Å². The van der Waals surface area contributed by atoms with Gasteiger partial charge in [-0.1, -0.05) is 0 Å². The Morgan fingerprint density at radius 3 is 2.83 bits per heavy atom. The van der Waals surface area contributed by atoms with E-state index in [1.54, 1.807) is 0 Å². The van der Waals surface area contributed by atoms with Gasteiger partial charge in [-0.15, -0.1) is 0 Å². The van der Waals surface area contributed by atoms with Crippen molar-refractivity contribution in [3.8, 4) is 11.6 Å². The summed E-state index contributed by atoms with van der Waals surface area (Å²) in [5.74, 6) is -1.42. The van der Waals surface area contributed by atoms with Gasteiger partial charge in [0.2, 0.25) is 11.5 Å². The zero-order valence-corrected chi connectivity index (χ0v) is 9.19. The predicted octanol–water partition coefficient (Wildman–Crippen LogP) is 0.136. The van der Waals surface area contributed by atoms with Crippen LogP contribution < -0.4 is 9.79 Å². The smallest absolute Gasteiger partial charge is 0.305 e.